The van der Waals surface area contributed by atoms with Crippen LogP contribution in [0.3, 0.4) is 0 Å². The van der Waals surface area contributed by atoms with E-state index in [-0.39, 0.29) is 0 Å². The summed E-state index contributed by atoms with van der Waals surface area (Å²) in [4.78, 5) is 8.26. The molecule has 2 aromatic heterocycles. The van der Waals surface area contributed by atoms with Crippen molar-refractivity contribution in [2.24, 2.45) is 4.99 Å². The van der Waals surface area contributed by atoms with Gasteiger partial charge in [-0.2, -0.15) is 0 Å². The molecule has 1 fully saturated rings. The maximum Gasteiger partial charge on any atom is 0.191 e. The lowest BCUT2D eigenvalue weighted by Crippen LogP contribution is -2.46. The Labute approximate surface area is 170 Å². The molecule has 9 heteroatoms. The molecule has 0 spiro atoms. The van der Waals surface area contributed by atoms with Crippen LogP contribution in [0.5, 0.6) is 0 Å². The Kier molecular flexibility index (Phi) is 6.56. The summed E-state index contributed by atoms with van der Waals surface area (Å²) in [6.07, 6.45) is 3.44. The van der Waals surface area contributed by atoms with Gasteiger partial charge in [0.2, 0.25) is 0 Å². The standard InChI is InChI=1S/C19H29N7OS/c1-20-19(22-14-18-24-23-17-6-2-3-7-26(17)18)21-13-15(16-5-4-12-28-16)25-8-10-27-11-9-25/h4-5,12,15H,2-3,6-11,13-14H2,1H3,(H2,20,21,22). The van der Waals surface area contributed by atoms with Gasteiger partial charge in [0.1, 0.15) is 5.82 Å². The van der Waals surface area contributed by atoms with E-state index in [1.807, 2.05) is 7.05 Å². The Bertz CT molecular complexity index is 767. The van der Waals surface area contributed by atoms with Gasteiger partial charge < -0.3 is 19.9 Å². The van der Waals surface area contributed by atoms with Crippen molar-refractivity contribution in [3.05, 3.63) is 34.0 Å². The van der Waals surface area contributed by atoms with Crippen molar-refractivity contribution in [2.45, 2.75) is 38.4 Å². The first-order chi connectivity index (χ1) is 13.8. The number of hydrogen-bond donors (Lipinski definition) is 2. The van der Waals surface area contributed by atoms with Crippen LogP contribution in [0.2, 0.25) is 0 Å². The second-order valence-electron chi connectivity index (χ2n) is 7.13. The molecule has 0 amide bonds. The van der Waals surface area contributed by atoms with Gasteiger partial charge in [0.05, 0.1) is 25.8 Å². The molecular weight excluding hydrogens is 374 g/mol. The third kappa shape index (κ3) is 4.53. The molecular formula is C19H29N7OS. The number of nitrogens with one attached hydrogen (secondary N) is 2. The van der Waals surface area contributed by atoms with E-state index in [2.05, 4.69) is 52.8 Å². The molecule has 8 nitrogen and oxygen atoms in total. The highest BCUT2D eigenvalue weighted by molar-refractivity contribution is 7.10. The minimum absolute atomic E-state index is 0.323. The number of ether oxygens (including phenoxy) is 1. The van der Waals surface area contributed by atoms with Crippen LogP contribution in [-0.2, 0) is 24.2 Å². The topological polar surface area (TPSA) is 79.6 Å². The number of thiophene rings is 1. The average molecular weight is 404 g/mol. The Balaban J connectivity index is 1.35. The van der Waals surface area contributed by atoms with Crippen molar-refractivity contribution in [3.63, 3.8) is 0 Å². The number of nitrogens with zero attached hydrogens (tertiary/aromatic N) is 5. The van der Waals surface area contributed by atoms with E-state index in [1.165, 1.54) is 17.7 Å². The van der Waals surface area contributed by atoms with Crippen molar-refractivity contribution in [1.82, 2.24) is 30.3 Å². The second kappa shape index (κ2) is 9.49. The predicted octanol–water partition coefficient (Wildman–Crippen LogP) is 1.41. The molecule has 1 saturated heterocycles. The summed E-state index contributed by atoms with van der Waals surface area (Å²) in [5.74, 6) is 2.89. The van der Waals surface area contributed by atoms with Crippen LogP contribution < -0.4 is 10.6 Å². The summed E-state index contributed by atoms with van der Waals surface area (Å²) in [5.41, 5.74) is 0. The second-order valence-corrected chi connectivity index (χ2v) is 8.11. The quantitative estimate of drug-likeness (QED) is 0.561. The fourth-order valence-corrected chi connectivity index (χ4v) is 4.72. The normalized spacial score (nSPS) is 19.2. The highest BCUT2D eigenvalue weighted by Gasteiger charge is 2.24. The Morgan fingerprint density at radius 1 is 1.25 bits per heavy atom. The molecule has 152 valence electrons. The smallest absolute Gasteiger partial charge is 0.191 e. The van der Waals surface area contributed by atoms with Gasteiger partial charge in [-0.25, -0.2) is 0 Å². The van der Waals surface area contributed by atoms with Gasteiger partial charge in [0.15, 0.2) is 11.8 Å². The average Bonchev–Trinajstić information content (AvgIpc) is 3.42. The molecule has 1 atom stereocenters. The SMILES string of the molecule is CN=C(NCc1nnc2n1CCCC2)NCC(c1cccs1)N1CCOCC1. The molecule has 2 aliphatic heterocycles. The minimum atomic E-state index is 0.323. The van der Waals surface area contributed by atoms with E-state index < -0.39 is 0 Å². The number of aryl methyl sites for hydroxylation is 1. The molecule has 2 aromatic rings. The zero-order chi connectivity index (χ0) is 19.2. The van der Waals surface area contributed by atoms with Crippen LogP contribution in [-0.4, -0.2) is 65.5 Å². The number of aromatic nitrogens is 3. The number of hydrogen-bond acceptors (Lipinski definition) is 6. The summed E-state index contributed by atoms with van der Waals surface area (Å²) < 4.78 is 7.77. The van der Waals surface area contributed by atoms with Gasteiger partial charge in [0, 0.05) is 44.5 Å². The Morgan fingerprint density at radius 3 is 2.93 bits per heavy atom. The zero-order valence-corrected chi connectivity index (χ0v) is 17.2. The monoisotopic (exact) mass is 403 g/mol. The molecule has 0 bridgehead atoms. The summed E-state index contributed by atoms with van der Waals surface area (Å²) in [7, 11) is 1.81. The van der Waals surface area contributed by atoms with Gasteiger partial charge in [0.25, 0.3) is 0 Å². The summed E-state index contributed by atoms with van der Waals surface area (Å²) >= 11 is 1.81. The lowest BCUT2D eigenvalue weighted by atomic mass is 10.2. The number of aliphatic imine (C=N–C) groups is 1. The first kappa shape index (κ1) is 19.4. The summed E-state index contributed by atoms with van der Waals surface area (Å²) in [6, 6.07) is 4.66. The van der Waals surface area contributed by atoms with Crippen molar-refractivity contribution in [1.29, 1.82) is 0 Å². The lowest BCUT2D eigenvalue weighted by Gasteiger charge is -2.34. The van der Waals surface area contributed by atoms with Crippen molar-refractivity contribution >= 4 is 17.3 Å². The molecule has 2 aliphatic rings. The molecule has 0 saturated carbocycles. The molecule has 4 rings (SSSR count). The summed E-state index contributed by atoms with van der Waals surface area (Å²) in [6.45, 7) is 5.97. The summed E-state index contributed by atoms with van der Waals surface area (Å²) in [5, 5.41) is 17.7. The third-order valence-corrected chi connectivity index (χ3v) is 6.37. The van der Waals surface area contributed by atoms with Crippen molar-refractivity contribution in [2.75, 3.05) is 39.9 Å². The highest BCUT2D eigenvalue weighted by Crippen LogP contribution is 2.25. The van der Waals surface area contributed by atoms with Crippen LogP contribution in [0.25, 0.3) is 0 Å². The third-order valence-electron chi connectivity index (χ3n) is 5.39. The first-order valence-corrected chi connectivity index (χ1v) is 10.9. The van der Waals surface area contributed by atoms with Gasteiger partial charge in [-0.1, -0.05) is 6.07 Å². The molecule has 2 N–H and O–H groups in total. The van der Waals surface area contributed by atoms with Crippen LogP contribution in [0.4, 0.5) is 0 Å². The van der Waals surface area contributed by atoms with Gasteiger partial charge in [-0.05, 0) is 24.3 Å². The Hall–Kier alpha value is -1.97. The number of morpholine rings is 1. The molecule has 0 aromatic carbocycles. The van der Waals surface area contributed by atoms with E-state index in [4.69, 9.17) is 4.74 Å². The van der Waals surface area contributed by atoms with E-state index in [1.54, 1.807) is 11.3 Å². The molecule has 0 aliphatic carbocycles. The zero-order valence-electron chi connectivity index (χ0n) is 16.4. The number of rotatable bonds is 6. The maximum atomic E-state index is 5.53. The number of fused-ring (bicyclic) bond motifs is 1. The fourth-order valence-electron chi connectivity index (χ4n) is 3.86. The lowest BCUT2D eigenvalue weighted by molar-refractivity contribution is 0.0177. The van der Waals surface area contributed by atoms with Crippen LogP contribution in [0.1, 0.15) is 35.4 Å². The molecule has 28 heavy (non-hydrogen) atoms. The van der Waals surface area contributed by atoms with Gasteiger partial charge in [-0.15, -0.1) is 21.5 Å². The van der Waals surface area contributed by atoms with Gasteiger partial charge in [-0.3, -0.25) is 9.89 Å². The first-order valence-electron chi connectivity index (χ1n) is 10.1. The largest absolute Gasteiger partial charge is 0.379 e. The minimum Gasteiger partial charge on any atom is -0.379 e. The van der Waals surface area contributed by atoms with Crippen LogP contribution >= 0.6 is 11.3 Å². The molecule has 0 radical (unpaired) electrons. The van der Waals surface area contributed by atoms with Crippen molar-refractivity contribution in [3.8, 4) is 0 Å². The van der Waals surface area contributed by atoms with E-state index in [0.29, 0.717) is 12.6 Å². The van der Waals surface area contributed by atoms with E-state index >= 15 is 0 Å². The van der Waals surface area contributed by atoms with Gasteiger partial charge >= 0.3 is 0 Å². The predicted molar refractivity (Wildman–Crippen MR) is 111 cm³/mol. The Morgan fingerprint density at radius 2 is 2.14 bits per heavy atom. The van der Waals surface area contributed by atoms with E-state index in [0.717, 1.165) is 63.4 Å². The molecule has 1 unspecified atom stereocenters. The van der Waals surface area contributed by atoms with E-state index in [9.17, 15) is 0 Å². The van der Waals surface area contributed by atoms with Crippen LogP contribution in [0, 0.1) is 0 Å². The fraction of sp³-hybridized carbons (Fsp3) is 0.632. The highest BCUT2D eigenvalue weighted by atomic mass is 32.1. The number of guanidine groups is 1. The van der Waals surface area contributed by atoms with Crippen LogP contribution in [0.15, 0.2) is 22.5 Å². The maximum absolute atomic E-state index is 5.53. The molecule has 4 heterocycles. The van der Waals surface area contributed by atoms with Crippen molar-refractivity contribution < 1.29 is 4.74 Å².